The molecule has 2 atom stereocenters. The van der Waals surface area contributed by atoms with Gasteiger partial charge in [-0.25, -0.2) is 0 Å². The first-order valence-corrected chi connectivity index (χ1v) is 6.15. The van der Waals surface area contributed by atoms with Gasteiger partial charge >= 0.3 is 11.9 Å². The fourth-order valence-electron chi connectivity index (χ4n) is 2.48. The normalized spacial score (nSPS) is 23.1. The summed E-state index contributed by atoms with van der Waals surface area (Å²) >= 11 is 0. The van der Waals surface area contributed by atoms with E-state index in [0.717, 1.165) is 25.8 Å². The molecule has 5 heteroatoms. The van der Waals surface area contributed by atoms with Gasteiger partial charge in [0.25, 0.3) is 0 Å². The van der Waals surface area contributed by atoms with Crippen LogP contribution in [0.1, 0.15) is 39.0 Å². The highest BCUT2D eigenvalue weighted by Crippen LogP contribution is 2.23. The molecule has 1 N–H and O–H groups in total. The number of nitrogens with zero attached hydrogens (tertiary/aromatic N) is 1. The Balaban J connectivity index is 2.70. The Morgan fingerprint density at radius 3 is 2.71 bits per heavy atom. The molecule has 2 unspecified atom stereocenters. The van der Waals surface area contributed by atoms with E-state index in [1.165, 1.54) is 7.11 Å². The number of rotatable bonds is 5. The molecule has 0 amide bonds. The van der Waals surface area contributed by atoms with E-state index in [-0.39, 0.29) is 12.0 Å². The van der Waals surface area contributed by atoms with E-state index in [2.05, 4.69) is 4.74 Å². The van der Waals surface area contributed by atoms with Crippen LogP contribution in [0.25, 0.3) is 0 Å². The van der Waals surface area contributed by atoms with Crippen LogP contribution in [-0.4, -0.2) is 47.7 Å². The highest BCUT2D eigenvalue weighted by molar-refractivity contribution is 5.74. The molecule has 1 fully saturated rings. The van der Waals surface area contributed by atoms with Gasteiger partial charge in [0.05, 0.1) is 13.5 Å². The molecule has 17 heavy (non-hydrogen) atoms. The summed E-state index contributed by atoms with van der Waals surface area (Å²) < 4.78 is 4.66. The predicted molar refractivity (Wildman–Crippen MR) is 62.7 cm³/mol. The lowest BCUT2D eigenvalue weighted by Crippen LogP contribution is -2.50. The van der Waals surface area contributed by atoms with Gasteiger partial charge in [-0.1, -0.05) is 13.3 Å². The molecular formula is C12H21NO4. The fourth-order valence-corrected chi connectivity index (χ4v) is 2.48. The van der Waals surface area contributed by atoms with Gasteiger partial charge in [-0.15, -0.1) is 0 Å². The summed E-state index contributed by atoms with van der Waals surface area (Å²) in [6.07, 6.45) is 3.78. The maximum atomic E-state index is 11.3. The van der Waals surface area contributed by atoms with Crippen LogP contribution in [0.2, 0.25) is 0 Å². The lowest BCUT2D eigenvalue weighted by molar-refractivity contribution is -0.149. The number of methoxy groups -OCH3 is 1. The van der Waals surface area contributed by atoms with Crippen molar-refractivity contribution in [2.45, 2.75) is 51.1 Å². The van der Waals surface area contributed by atoms with Crippen molar-refractivity contribution in [2.24, 2.45) is 0 Å². The summed E-state index contributed by atoms with van der Waals surface area (Å²) in [5.74, 6) is -1.06. The Morgan fingerprint density at radius 2 is 2.18 bits per heavy atom. The van der Waals surface area contributed by atoms with Crippen LogP contribution in [0.15, 0.2) is 0 Å². The van der Waals surface area contributed by atoms with Gasteiger partial charge in [-0.05, 0) is 25.8 Å². The molecule has 5 nitrogen and oxygen atoms in total. The Hall–Kier alpha value is -1.10. The smallest absolute Gasteiger partial charge is 0.320 e. The zero-order valence-corrected chi connectivity index (χ0v) is 10.5. The van der Waals surface area contributed by atoms with Gasteiger partial charge in [-0.3, -0.25) is 14.5 Å². The topological polar surface area (TPSA) is 66.8 Å². The first kappa shape index (κ1) is 14.0. The van der Waals surface area contributed by atoms with Crippen molar-refractivity contribution >= 4 is 11.9 Å². The Morgan fingerprint density at radius 1 is 1.47 bits per heavy atom. The molecule has 0 aliphatic carbocycles. The fraction of sp³-hybridized carbons (Fsp3) is 0.833. The van der Waals surface area contributed by atoms with Gasteiger partial charge in [0.2, 0.25) is 0 Å². The van der Waals surface area contributed by atoms with Gasteiger partial charge in [0.1, 0.15) is 6.04 Å². The molecule has 0 saturated carbocycles. The highest BCUT2D eigenvalue weighted by Gasteiger charge is 2.33. The second-order valence-electron chi connectivity index (χ2n) is 4.43. The average molecular weight is 243 g/mol. The third-order valence-electron chi connectivity index (χ3n) is 3.37. The lowest BCUT2D eigenvalue weighted by Gasteiger charge is -2.38. The molecule has 1 aliphatic rings. The van der Waals surface area contributed by atoms with E-state index in [1.807, 2.05) is 11.8 Å². The molecular weight excluding hydrogens is 222 g/mol. The summed E-state index contributed by atoms with van der Waals surface area (Å²) in [6, 6.07) is -0.470. The van der Waals surface area contributed by atoms with Crippen molar-refractivity contribution in [3.63, 3.8) is 0 Å². The number of carboxylic acid groups (broad SMARTS) is 1. The monoisotopic (exact) mass is 243 g/mol. The van der Waals surface area contributed by atoms with Crippen LogP contribution < -0.4 is 0 Å². The van der Waals surface area contributed by atoms with E-state index in [4.69, 9.17) is 0 Å². The number of esters is 1. The molecule has 0 bridgehead atoms. The Labute approximate surface area is 102 Å². The minimum absolute atomic E-state index is 0.0113. The second kappa shape index (κ2) is 6.59. The number of hydrogen-bond acceptors (Lipinski definition) is 4. The van der Waals surface area contributed by atoms with Crippen LogP contribution >= 0.6 is 0 Å². The maximum absolute atomic E-state index is 11.3. The van der Waals surface area contributed by atoms with E-state index in [1.54, 1.807) is 0 Å². The number of ether oxygens (including phenoxy) is 1. The highest BCUT2D eigenvalue weighted by atomic mass is 16.5. The van der Waals surface area contributed by atoms with Crippen molar-refractivity contribution in [2.75, 3.05) is 13.7 Å². The number of carbonyl (C=O) groups excluding carboxylic acids is 1. The standard InChI is InChI=1S/C12H21NO4/c1-3-10(12(15)16)13-7-5-4-6-9(13)8-11(14)17-2/h9-10H,3-8H2,1-2H3,(H,15,16). The van der Waals surface area contributed by atoms with E-state index >= 15 is 0 Å². The number of carboxylic acids is 1. The third kappa shape index (κ3) is 3.70. The minimum Gasteiger partial charge on any atom is -0.480 e. The Bertz CT molecular complexity index is 280. The summed E-state index contributed by atoms with van der Waals surface area (Å²) in [5.41, 5.74) is 0. The Kier molecular flexibility index (Phi) is 5.41. The molecule has 1 heterocycles. The van der Waals surface area contributed by atoms with E-state index in [0.29, 0.717) is 12.8 Å². The molecule has 1 rings (SSSR count). The number of piperidine rings is 1. The third-order valence-corrected chi connectivity index (χ3v) is 3.37. The minimum atomic E-state index is -0.802. The second-order valence-corrected chi connectivity index (χ2v) is 4.43. The van der Waals surface area contributed by atoms with Gasteiger partial charge in [0, 0.05) is 6.04 Å². The number of hydrogen-bond donors (Lipinski definition) is 1. The van der Waals surface area contributed by atoms with Gasteiger partial charge in [-0.2, -0.15) is 0 Å². The summed E-state index contributed by atoms with van der Waals surface area (Å²) in [6.45, 7) is 2.62. The summed E-state index contributed by atoms with van der Waals surface area (Å²) in [7, 11) is 1.37. The largest absolute Gasteiger partial charge is 0.480 e. The maximum Gasteiger partial charge on any atom is 0.320 e. The van der Waals surface area contributed by atoms with Crippen LogP contribution in [0.5, 0.6) is 0 Å². The van der Waals surface area contributed by atoms with Crippen LogP contribution in [0.4, 0.5) is 0 Å². The van der Waals surface area contributed by atoms with Crippen LogP contribution in [-0.2, 0) is 14.3 Å². The molecule has 1 saturated heterocycles. The van der Waals surface area contributed by atoms with Crippen molar-refractivity contribution in [3.05, 3.63) is 0 Å². The molecule has 0 spiro atoms. The van der Waals surface area contributed by atoms with Crippen LogP contribution in [0.3, 0.4) is 0 Å². The predicted octanol–water partition coefficient (Wildman–Crippen LogP) is 1.27. The molecule has 0 aromatic heterocycles. The van der Waals surface area contributed by atoms with E-state index < -0.39 is 12.0 Å². The molecule has 98 valence electrons. The zero-order chi connectivity index (χ0) is 12.8. The quantitative estimate of drug-likeness (QED) is 0.736. The number of aliphatic carboxylic acids is 1. The van der Waals surface area contributed by atoms with Crippen molar-refractivity contribution in [1.82, 2.24) is 4.90 Å². The SMILES string of the molecule is CCC(C(=O)O)N1CCCCC1CC(=O)OC. The number of carbonyl (C=O) groups is 2. The summed E-state index contributed by atoms with van der Waals surface area (Å²) in [4.78, 5) is 24.4. The lowest BCUT2D eigenvalue weighted by atomic mass is 9.96. The molecule has 0 aromatic carbocycles. The zero-order valence-electron chi connectivity index (χ0n) is 10.5. The first-order chi connectivity index (χ1) is 8.10. The van der Waals surface area contributed by atoms with Gasteiger partial charge in [0.15, 0.2) is 0 Å². The molecule has 1 aliphatic heterocycles. The van der Waals surface area contributed by atoms with E-state index in [9.17, 15) is 14.7 Å². The first-order valence-electron chi connectivity index (χ1n) is 6.15. The van der Waals surface area contributed by atoms with Crippen LogP contribution in [0, 0.1) is 0 Å². The molecule has 0 radical (unpaired) electrons. The average Bonchev–Trinajstić information content (AvgIpc) is 2.31. The van der Waals surface area contributed by atoms with Gasteiger partial charge < -0.3 is 9.84 Å². The van der Waals surface area contributed by atoms with Crippen molar-refractivity contribution in [3.8, 4) is 0 Å². The molecule has 0 aromatic rings. The number of likely N-dealkylation sites (tertiary alicyclic amines) is 1. The van der Waals surface area contributed by atoms with Crippen molar-refractivity contribution < 1.29 is 19.4 Å². The van der Waals surface area contributed by atoms with Crippen molar-refractivity contribution in [1.29, 1.82) is 0 Å². The summed E-state index contributed by atoms with van der Waals surface area (Å²) in [5, 5.41) is 9.18.